The molecular formula is C31H28N2O6. The summed E-state index contributed by atoms with van der Waals surface area (Å²) in [5.41, 5.74) is 3.90. The van der Waals surface area contributed by atoms with Crippen molar-refractivity contribution in [2.24, 2.45) is 9.98 Å². The maximum absolute atomic E-state index is 10.5. The first-order valence-corrected chi connectivity index (χ1v) is 12.2. The van der Waals surface area contributed by atoms with Crippen molar-refractivity contribution in [1.82, 2.24) is 0 Å². The Morgan fingerprint density at radius 1 is 0.641 bits per heavy atom. The average molecular weight is 525 g/mol. The third-order valence-corrected chi connectivity index (χ3v) is 6.81. The van der Waals surface area contributed by atoms with E-state index < -0.39 is 5.66 Å². The lowest BCUT2D eigenvalue weighted by atomic mass is 9.95. The summed E-state index contributed by atoms with van der Waals surface area (Å²) in [7, 11) is 3.19. The van der Waals surface area contributed by atoms with E-state index in [1.165, 1.54) is 24.6 Å². The number of methoxy groups -OCH3 is 2. The van der Waals surface area contributed by atoms with Gasteiger partial charge < -0.3 is 29.9 Å². The number of ether oxygens (including phenoxy) is 2. The highest BCUT2D eigenvalue weighted by atomic mass is 16.5. The number of aliphatic imine (C=N–C) groups is 2. The minimum absolute atomic E-state index is 0.275. The fraction of sp³-hybridized carbons (Fsp3) is 0.161. The van der Waals surface area contributed by atoms with Gasteiger partial charge in [-0.25, -0.2) is 0 Å². The minimum atomic E-state index is -1.40. The second-order valence-corrected chi connectivity index (χ2v) is 9.40. The minimum Gasteiger partial charge on any atom is -0.504 e. The predicted molar refractivity (Wildman–Crippen MR) is 150 cm³/mol. The summed E-state index contributed by atoms with van der Waals surface area (Å²) in [6, 6.07) is 17.0. The molecule has 4 aromatic rings. The first kappa shape index (κ1) is 25.7. The number of aryl methyl sites for hydroxylation is 2. The van der Waals surface area contributed by atoms with Crippen LogP contribution in [-0.4, -0.2) is 47.1 Å². The lowest BCUT2D eigenvalue weighted by Crippen LogP contribution is -2.21. The van der Waals surface area contributed by atoms with Crippen molar-refractivity contribution >= 4 is 12.4 Å². The van der Waals surface area contributed by atoms with Crippen LogP contribution in [0.4, 0.5) is 0 Å². The van der Waals surface area contributed by atoms with E-state index >= 15 is 0 Å². The number of benzene rings is 4. The molecule has 0 fully saturated rings. The zero-order valence-corrected chi connectivity index (χ0v) is 21.9. The molecule has 0 amide bonds. The molecule has 0 saturated heterocycles. The summed E-state index contributed by atoms with van der Waals surface area (Å²) >= 11 is 0. The van der Waals surface area contributed by atoms with Crippen LogP contribution in [0, 0.1) is 13.8 Å². The van der Waals surface area contributed by atoms with Crippen molar-refractivity contribution in [3.8, 4) is 45.6 Å². The van der Waals surface area contributed by atoms with Gasteiger partial charge in [0, 0.05) is 45.8 Å². The van der Waals surface area contributed by atoms with Crippen molar-refractivity contribution in [2.45, 2.75) is 19.5 Å². The normalized spacial score (nSPS) is 13.5. The van der Waals surface area contributed by atoms with Gasteiger partial charge >= 0.3 is 0 Å². The number of para-hydroxylation sites is 2. The second-order valence-electron chi connectivity index (χ2n) is 9.40. The van der Waals surface area contributed by atoms with Gasteiger partial charge in [0.05, 0.1) is 14.2 Å². The van der Waals surface area contributed by atoms with E-state index in [1.54, 1.807) is 38.5 Å². The SMILES string of the molecule is COc1cc(C)cc2c1-c1c(OC)cc(C)cc1C2(/N=C/c1cccc(O)c1O)/N=C/c1cccc(O)c1O. The zero-order chi connectivity index (χ0) is 27.9. The second kappa shape index (κ2) is 9.72. The number of rotatable bonds is 6. The van der Waals surface area contributed by atoms with Crippen molar-refractivity contribution in [2.75, 3.05) is 14.2 Å². The van der Waals surface area contributed by atoms with Gasteiger partial charge in [0.1, 0.15) is 11.5 Å². The number of phenolic OH excluding ortho intramolecular Hbond substituents is 4. The van der Waals surface area contributed by atoms with Gasteiger partial charge in [0.25, 0.3) is 0 Å². The number of fused-ring (bicyclic) bond motifs is 3. The Morgan fingerprint density at radius 2 is 1.05 bits per heavy atom. The lowest BCUT2D eigenvalue weighted by molar-refractivity contribution is 0.403. The van der Waals surface area contributed by atoms with E-state index in [0.717, 1.165) is 22.3 Å². The highest BCUT2D eigenvalue weighted by Gasteiger charge is 2.46. The summed E-state index contributed by atoms with van der Waals surface area (Å²) in [5.74, 6) is 0.0511. The summed E-state index contributed by atoms with van der Waals surface area (Å²) < 4.78 is 11.6. The lowest BCUT2D eigenvalue weighted by Gasteiger charge is -2.24. The van der Waals surface area contributed by atoms with Crippen LogP contribution in [-0.2, 0) is 5.66 Å². The van der Waals surface area contributed by atoms with Crippen LogP contribution in [0.2, 0.25) is 0 Å². The number of nitrogens with zero attached hydrogens (tertiary/aromatic N) is 2. The standard InChI is InChI=1S/C31H28N2O6/c1-17-11-21-27(25(13-17)38-3)28-22(12-18(2)14-26(28)39-4)31(21,32-15-19-7-5-9-23(34)29(19)36)33-16-20-8-6-10-24(35)30(20)37/h5-16,34-37H,1-4H3/b32-15+,33-16+. The van der Waals surface area contributed by atoms with Gasteiger partial charge in [-0.3, -0.25) is 9.98 Å². The predicted octanol–water partition coefficient (Wildman–Crippen LogP) is 5.56. The van der Waals surface area contributed by atoms with Crippen LogP contribution >= 0.6 is 0 Å². The van der Waals surface area contributed by atoms with E-state index in [4.69, 9.17) is 19.5 Å². The molecule has 0 aliphatic heterocycles. The maximum atomic E-state index is 10.5. The molecule has 8 nitrogen and oxygen atoms in total. The topological polar surface area (TPSA) is 124 Å². The Hall–Kier alpha value is -4.98. The first-order chi connectivity index (χ1) is 18.7. The van der Waals surface area contributed by atoms with Crippen LogP contribution in [0.15, 0.2) is 70.6 Å². The maximum Gasteiger partial charge on any atom is 0.202 e. The van der Waals surface area contributed by atoms with Crippen LogP contribution < -0.4 is 9.47 Å². The largest absolute Gasteiger partial charge is 0.504 e. The summed E-state index contributed by atoms with van der Waals surface area (Å²) in [5, 5.41) is 41.1. The van der Waals surface area contributed by atoms with Gasteiger partial charge in [-0.15, -0.1) is 0 Å². The zero-order valence-electron chi connectivity index (χ0n) is 21.9. The van der Waals surface area contributed by atoms with Gasteiger partial charge in [-0.2, -0.15) is 0 Å². The van der Waals surface area contributed by atoms with E-state index in [0.29, 0.717) is 33.8 Å². The molecule has 0 atom stereocenters. The highest BCUT2D eigenvalue weighted by Crippen LogP contribution is 2.57. The van der Waals surface area contributed by atoms with Crippen LogP contribution in [0.3, 0.4) is 0 Å². The number of hydrogen-bond acceptors (Lipinski definition) is 8. The molecule has 1 aliphatic carbocycles. The molecule has 0 saturated carbocycles. The number of hydrogen-bond donors (Lipinski definition) is 4. The summed E-state index contributed by atoms with van der Waals surface area (Å²) in [6.45, 7) is 3.88. The Bertz CT molecular complexity index is 1530. The van der Waals surface area contributed by atoms with Gasteiger partial charge in [0.2, 0.25) is 5.66 Å². The smallest absolute Gasteiger partial charge is 0.202 e. The molecule has 4 N–H and O–H groups in total. The van der Waals surface area contributed by atoms with Crippen LogP contribution in [0.25, 0.3) is 11.1 Å². The molecule has 8 heteroatoms. The molecule has 0 unspecified atom stereocenters. The van der Waals surface area contributed by atoms with Gasteiger partial charge in [0.15, 0.2) is 23.0 Å². The van der Waals surface area contributed by atoms with Gasteiger partial charge in [-0.1, -0.05) is 24.3 Å². The molecule has 0 aromatic heterocycles. The molecule has 198 valence electrons. The number of aromatic hydroxyl groups is 4. The molecule has 5 rings (SSSR count). The Morgan fingerprint density at radius 3 is 1.44 bits per heavy atom. The third-order valence-electron chi connectivity index (χ3n) is 6.81. The van der Waals surface area contributed by atoms with E-state index in [1.807, 2.05) is 38.1 Å². The monoisotopic (exact) mass is 524 g/mol. The van der Waals surface area contributed by atoms with Crippen molar-refractivity contribution in [1.29, 1.82) is 0 Å². The van der Waals surface area contributed by atoms with E-state index in [2.05, 4.69) is 0 Å². The molecule has 39 heavy (non-hydrogen) atoms. The molecule has 4 aromatic carbocycles. The molecule has 0 spiro atoms. The number of phenols is 4. The molecular weight excluding hydrogens is 496 g/mol. The van der Waals surface area contributed by atoms with Crippen molar-refractivity contribution < 1.29 is 29.9 Å². The Kier molecular flexibility index (Phi) is 6.39. The fourth-order valence-corrected chi connectivity index (χ4v) is 4.98. The Labute approximate surface area is 225 Å². The molecule has 0 radical (unpaired) electrons. The fourth-order valence-electron chi connectivity index (χ4n) is 4.98. The first-order valence-electron chi connectivity index (χ1n) is 12.2. The quantitative estimate of drug-likeness (QED) is 0.193. The van der Waals surface area contributed by atoms with Gasteiger partial charge in [-0.05, 0) is 61.4 Å². The summed E-state index contributed by atoms with van der Waals surface area (Å²) in [6.07, 6.45) is 2.91. The van der Waals surface area contributed by atoms with Crippen molar-refractivity contribution in [3.63, 3.8) is 0 Å². The van der Waals surface area contributed by atoms with Crippen molar-refractivity contribution in [3.05, 3.63) is 94.0 Å². The molecule has 1 aliphatic rings. The average Bonchev–Trinajstić information content (AvgIpc) is 3.18. The summed E-state index contributed by atoms with van der Waals surface area (Å²) in [4.78, 5) is 9.92. The van der Waals surface area contributed by atoms with E-state index in [-0.39, 0.29) is 23.0 Å². The van der Waals surface area contributed by atoms with Crippen LogP contribution in [0.5, 0.6) is 34.5 Å². The van der Waals surface area contributed by atoms with Crippen LogP contribution in [0.1, 0.15) is 33.4 Å². The Balaban J connectivity index is 1.88. The molecule has 0 heterocycles. The van der Waals surface area contributed by atoms with E-state index in [9.17, 15) is 20.4 Å². The third kappa shape index (κ3) is 4.20. The molecule has 0 bridgehead atoms. The highest BCUT2D eigenvalue weighted by molar-refractivity contribution is 5.94.